The first-order valence-corrected chi connectivity index (χ1v) is 3.69. The molecule has 72 valence electrons. The van der Waals surface area contributed by atoms with Crippen molar-refractivity contribution in [3.05, 3.63) is 23.8 Å². The molecule has 4 heteroatoms. The zero-order chi connectivity index (χ0) is 13.4. The largest absolute Gasteiger partial charge is 0.480 e. The molecule has 0 spiro atoms. The third kappa shape index (κ3) is 3.01. The van der Waals surface area contributed by atoms with Crippen LogP contribution >= 0.6 is 0 Å². The molecular weight excluding hydrogens is 170 g/mol. The number of hydrogen-bond acceptors (Lipinski definition) is 3. The third-order valence-electron chi connectivity index (χ3n) is 1.53. The Kier molecular flexibility index (Phi) is 1.80. The van der Waals surface area contributed by atoms with E-state index in [9.17, 15) is 9.90 Å². The minimum atomic E-state index is -2.33. The third-order valence-corrected chi connectivity index (χ3v) is 1.53. The number of hydrogen-bond donors (Lipinski definition) is 3. The Labute approximate surface area is 82.0 Å². The van der Waals surface area contributed by atoms with Gasteiger partial charge >= 0.3 is 5.97 Å². The second-order valence-corrected chi connectivity index (χ2v) is 2.63. The Hall–Kier alpha value is -1.13. The molecule has 0 fully saturated rings. The van der Waals surface area contributed by atoms with Crippen molar-refractivity contribution < 1.29 is 20.5 Å². The maximum Gasteiger partial charge on any atom is 0.320 e. The van der Waals surface area contributed by atoms with E-state index in [0.717, 1.165) is 6.08 Å². The lowest BCUT2D eigenvalue weighted by molar-refractivity contribution is -0.138. The number of nitrogens with two attached hydrogens (primary N) is 1. The zero-order valence-corrected chi connectivity index (χ0v) is 6.82. The van der Waals surface area contributed by atoms with Crippen LogP contribution in [0.4, 0.5) is 0 Å². The molecular formula is C9H13NO3. The Bertz CT molecular complexity index is 405. The van der Waals surface area contributed by atoms with Gasteiger partial charge in [-0.3, -0.25) is 4.79 Å². The van der Waals surface area contributed by atoms with Crippen molar-refractivity contribution in [2.45, 2.75) is 24.9 Å². The summed E-state index contributed by atoms with van der Waals surface area (Å²) in [4.78, 5) is 10.6. The molecule has 0 saturated carbocycles. The van der Waals surface area contributed by atoms with Crippen LogP contribution in [-0.2, 0) is 4.79 Å². The molecule has 0 aromatic rings. The topological polar surface area (TPSA) is 83.5 Å². The number of allylic oxidation sites excluding steroid dienone is 1. The molecule has 0 aromatic carbocycles. The van der Waals surface area contributed by atoms with Gasteiger partial charge in [0.2, 0.25) is 0 Å². The summed E-state index contributed by atoms with van der Waals surface area (Å²) in [7, 11) is 0. The van der Waals surface area contributed by atoms with Gasteiger partial charge in [0.15, 0.2) is 0 Å². The minimum absolute atomic E-state index is 0.0168. The van der Waals surface area contributed by atoms with Crippen molar-refractivity contribution in [3.63, 3.8) is 0 Å². The number of rotatable bonds is 3. The smallest absolute Gasteiger partial charge is 0.320 e. The molecule has 0 aliphatic heterocycles. The predicted octanol–water partition coefficient (Wildman–Crippen LogP) is 0.0356. The Balaban J connectivity index is 3.04. The van der Waals surface area contributed by atoms with Crippen molar-refractivity contribution >= 4 is 5.97 Å². The molecule has 4 nitrogen and oxygen atoms in total. The Morgan fingerprint density at radius 2 is 2.77 bits per heavy atom. The second kappa shape index (κ2) is 4.20. The highest BCUT2D eigenvalue weighted by Gasteiger charge is 2.14. The molecule has 4 N–H and O–H groups in total. The standard InChI is InChI=1S/C9H13NO3/c10-8(9(12)13)5-6-1-3-7(11)4-2-6/h1-3,7-8,11H,4-5,10H2,(H,12,13)/i1D,2D,4D,7D. The van der Waals surface area contributed by atoms with E-state index in [0.29, 0.717) is 0 Å². The fourth-order valence-electron chi connectivity index (χ4n) is 0.831. The summed E-state index contributed by atoms with van der Waals surface area (Å²) in [6, 6.07) is -2.04. The summed E-state index contributed by atoms with van der Waals surface area (Å²) in [5.41, 5.74) is 5.27. The lowest BCUT2D eigenvalue weighted by atomic mass is 9.99. The van der Waals surface area contributed by atoms with Crippen LogP contribution in [-0.4, -0.2) is 28.3 Å². The van der Waals surface area contributed by atoms with Gasteiger partial charge in [-0.1, -0.05) is 18.2 Å². The summed E-state index contributed by atoms with van der Waals surface area (Å²) in [6.07, 6.45) is -3.35. The lowest BCUT2D eigenvalue weighted by Gasteiger charge is -2.12. The van der Waals surface area contributed by atoms with Gasteiger partial charge in [-0.05, 0) is 18.4 Å². The van der Waals surface area contributed by atoms with Crippen LogP contribution in [0.5, 0.6) is 0 Å². The average molecular weight is 187 g/mol. The minimum Gasteiger partial charge on any atom is -0.480 e. The van der Waals surface area contributed by atoms with E-state index < -0.39 is 30.5 Å². The van der Waals surface area contributed by atoms with Gasteiger partial charge < -0.3 is 15.9 Å². The maximum atomic E-state index is 10.6. The number of aliphatic carboxylic acids is 1. The summed E-state index contributed by atoms with van der Waals surface area (Å²) < 4.78 is 29.8. The van der Waals surface area contributed by atoms with Gasteiger partial charge in [0.05, 0.1) is 10.2 Å². The average Bonchev–Trinajstić information content (AvgIpc) is 2.20. The summed E-state index contributed by atoms with van der Waals surface area (Å²) in [6.45, 7) is 0. The van der Waals surface area contributed by atoms with Crippen molar-refractivity contribution in [2.75, 3.05) is 0 Å². The quantitative estimate of drug-likeness (QED) is 0.582. The number of aliphatic hydroxyl groups is 1. The van der Waals surface area contributed by atoms with E-state index in [-0.39, 0.29) is 18.0 Å². The van der Waals surface area contributed by atoms with Crippen molar-refractivity contribution in [1.82, 2.24) is 0 Å². The normalized spacial score (nSPS) is 41.1. The molecule has 3 atom stereocenters. The number of carbonyl (C=O) groups is 1. The first-order valence-electron chi connectivity index (χ1n) is 5.77. The van der Waals surface area contributed by atoms with Crippen molar-refractivity contribution in [3.8, 4) is 0 Å². The Morgan fingerprint density at radius 1 is 2.08 bits per heavy atom. The van der Waals surface area contributed by atoms with E-state index in [1.807, 2.05) is 0 Å². The maximum absolute atomic E-state index is 10.6. The zero-order valence-electron chi connectivity index (χ0n) is 10.8. The molecule has 0 bridgehead atoms. The van der Waals surface area contributed by atoms with E-state index in [1.54, 1.807) is 0 Å². The first-order chi connectivity index (χ1) is 7.66. The van der Waals surface area contributed by atoms with Crippen LogP contribution in [0.2, 0.25) is 0 Å². The lowest BCUT2D eigenvalue weighted by Crippen LogP contribution is -2.30. The highest BCUT2D eigenvalue weighted by Crippen LogP contribution is 2.14. The van der Waals surface area contributed by atoms with Gasteiger partial charge in [0, 0.05) is 1.37 Å². The summed E-state index contributed by atoms with van der Waals surface area (Å²) in [5.74, 6) is -1.27. The molecule has 3 unspecified atom stereocenters. The van der Waals surface area contributed by atoms with Gasteiger partial charge in [-0.25, -0.2) is 0 Å². The molecule has 0 heterocycles. The van der Waals surface area contributed by atoms with Crippen LogP contribution in [0.25, 0.3) is 0 Å². The van der Waals surface area contributed by atoms with E-state index >= 15 is 0 Å². The Morgan fingerprint density at radius 3 is 3.38 bits per heavy atom. The van der Waals surface area contributed by atoms with Crippen LogP contribution in [0, 0.1) is 0 Å². The number of carboxylic acid groups (broad SMARTS) is 1. The van der Waals surface area contributed by atoms with Crippen LogP contribution in [0.15, 0.2) is 23.8 Å². The molecule has 1 aliphatic rings. The SMILES string of the molecule is [2H]C1=CC([2H])(O)C([2H])C([2H])=C1CC(N)C(=O)O. The van der Waals surface area contributed by atoms with E-state index in [2.05, 4.69) is 0 Å². The molecule has 13 heavy (non-hydrogen) atoms. The first kappa shape index (κ1) is 5.57. The van der Waals surface area contributed by atoms with Gasteiger partial charge in [0.1, 0.15) is 6.04 Å². The highest BCUT2D eigenvalue weighted by atomic mass is 16.4. The van der Waals surface area contributed by atoms with Gasteiger partial charge in [-0.15, -0.1) is 0 Å². The van der Waals surface area contributed by atoms with Crippen molar-refractivity contribution in [1.29, 1.82) is 0 Å². The van der Waals surface area contributed by atoms with Crippen molar-refractivity contribution in [2.24, 2.45) is 5.73 Å². The van der Waals surface area contributed by atoms with Crippen LogP contribution in [0.1, 0.15) is 18.3 Å². The molecule has 0 saturated heterocycles. The van der Waals surface area contributed by atoms with Crippen LogP contribution < -0.4 is 5.73 Å². The summed E-state index contributed by atoms with van der Waals surface area (Å²) in [5, 5.41) is 18.1. The highest BCUT2D eigenvalue weighted by molar-refractivity contribution is 5.73. The van der Waals surface area contributed by atoms with Crippen LogP contribution in [0.3, 0.4) is 0 Å². The molecule has 1 aliphatic carbocycles. The van der Waals surface area contributed by atoms with Gasteiger partial charge in [-0.2, -0.15) is 0 Å². The predicted molar refractivity (Wildman–Crippen MR) is 48.1 cm³/mol. The van der Waals surface area contributed by atoms with E-state index in [4.69, 9.17) is 16.3 Å². The fourth-order valence-corrected chi connectivity index (χ4v) is 0.831. The summed E-state index contributed by atoms with van der Waals surface area (Å²) >= 11 is 0. The number of carboxylic acids is 1. The fraction of sp³-hybridized carbons (Fsp3) is 0.444. The monoisotopic (exact) mass is 187 g/mol. The molecule has 1 rings (SSSR count). The second-order valence-electron chi connectivity index (χ2n) is 2.63. The molecule has 0 aromatic heterocycles. The molecule has 0 amide bonds. The van der Waals surface area contributed by atoms with E-state index in [1.165, 1.54) is 0 Å². The van der Waals surface area contributed by atoms with Gasteiger partial charge in [0.25, 0.3) is 0 Å². The molecule has 0 radical (unpaired) electrons.